The van der Waals surface area contributed by atoms with Crippen molar-refractivity contribution in [3.63, 3.8) is 0 Å². The van der Waals surface area contributed by atoms with Crippen LogP contribution in [-0.2, 0) is 6.42 Å². The molecule has 0 amide bonds. The number of ether oxygens (including phenoxy) is 2. The second kappa shape index (κ2) is 7.59. The molecule has 0 aliphatic carbocycles. The predicted molar refractivity (Wildman–Crippen MR) is 76.4 cm³/mol. The summed E-state index contributed by atoms with van der Waals surface area (Å²) >= 11 is 0. The molecule has 2 nitrogen and oxygen atoms in total. The summed E-state index contributed by atoms with van der Waals surface area (Å²) in [6.07, 6.45) is 7.10. The lowest BCUT2D eigenvalue weighted by molar-refractivity contribution is 0.321. The fourth-order valence-electron chi connectivity index (χ4n) is 1.65. The molecular weight excluding hydrogens is 224 g/mol. The van der Waals surface area contributed by atoms with Gasteiger partial charge in [-0.25, -0.2) is 0 Å². The van der Waals surface area contributed by atoms with Gasteiger partial charge in [0, 0.05) is 0 Å². The van der Waals surface area contributed by atoms with E-state index in [9.17, 15) is 0 Å². The number of allylic oxidation sites excluding steroid dienone is 2. The summed E-state index contributed by atoms with van der Waals surface area (Å²) < 4.78 is 11.1. The maximum absolute atomic E-state index is 5.79. The van der Waals surface area contributed by atoms with Gasteiger partial charge < -0.3 is 9.47 Å². The number of rotatable bonds is 6. The molecule has 1 aromatic rings. The van der Waals surface area contributed by atoms with E-state index < -0.39 is 0 Å². The van der Waals surface area contributed by atoms with Crippen molar-refractivity contribution >= 4 is 0 Å². The van der Waals surface area contributed by atoms with Gasteiger partial charge in [-0.15, -0.1) is 0 Å². The highest BCUT2D eigenvalue weighted by Gasteiger charge is 2.05. The van der Waals surface area contributed by atoms with Crippen molar-refractivity contribution in [2.75, 3.05) is 13.7 Å². The van der Waals surface area contributed by atoms with Gasteiger partial charge in [-0.1, -0.05) is 31.2 Å². The first-order valence-corrected chi connectivity index (χ1v) is 6.32. The van der Waals surface area contributed by atoms with Crippen LogP contribution in [0, 0.1) is 0 Å². The van der Waals surface area contributed by atoms with Crippen molar-refractivity contribution in [2.45, 2.75) is 27.2 Å². The van der Waals surface area contributed by atoms with Gasteiger partial charge in [0.1, 0.15) is 6.61 Å². The van der Waals surface area contributed by atoms with Gasteiger partial charge in [-0.2, -0.15) is 0 Å². The van der Waals surface area contributed by atoms with E-state index in [-0.39, 0.29) is 0 Å². The van der Waals surface area contributed by atoms with E-state index in [0.717, 1.165) is 23.5 Å². The molecule has 0 radical (unpaired) electrons. The minimum atomic E-state index is 0.558. The normalized spacial score (nSPS) is 11.9. The van der Waals surface area contributed by atoms with Crippen LogP contribution in [0.25, 0.3) is 0 Å². The average Bonchev–Trinajstić information content (AvgIpc) is 2.43. The monoisotopic (exact) mass is 246 g/mol. The molecule has 0 aliphatic rings. The molecule has 0 N–H and O–H groups in total. The van der Waals surface area contributed by atoms with E-state index in [0.29, 0.717) is 6.61 Å². The maximum atomic E-state index is 5.79. The minimum Gasteiger partial charge on any atom is -0.493 e. The van der Waals surface area contributed by atoms with Crippen molar-refractivity contribution in [3.8, 4) is 11.5 Å². The first kappa shape index (κ1) is 14.4. The molecule has 0 aromatic heterocycles. The molecule has 0 heterocycles. The number of benzene rings is 1. The van der Waals surface area contributed by atoms with Crippen molar-refractivity contribution < 1.29 is 9.47 Å². The van der Waals surface area contributed by atoms with E-state index in [2.05, 4.69) is 13.0 Å². The van der Waals surface area contributed by atoms with Crippen LogP contribution in [0.1, 0.15) is 26.3 Å². The second-order valence-electron chi connectivity index (χ2n) is 3.99. The molecule has 0 fully saturated rings. The molecule has 0 unspecified atom stereocenters. The van der Waals surface area contributed by atoms with Gasteiger partial charge in [0.05, 0.1) is 7.11 Å². The molecule has 0 saturated heterocycles. The van der Waals surface area contributed by atoms with Gasteiger partial charge >= 0.3 is 0 Å². The van der Waals surface area contributed by atoms with Crippen molar-refractivity contribution in [1.82, 2.24) is 0 Å². The highest BCUT2D eigenvalue weighted by molar-refractivity contribution is 5.43. The zero-order valence-corrected chi connectivity index (χ0v) is 11.7. The van der Waals surface area contributed by atoms with E-state index in [4.69, 9.17) is 9.47 Å². The summed E-state index contributed by atoms with van der Waals surface area (Å²) in [5, 5.41) is 0. The Hall–Kier alpha value is -1.70. The van der Waals surface area contributed by atoms with Crippen LogP contribution in [0.3, 0.4) is 0 Å². The molecule has 2 heteroatoms. The molecule has 0 spiro atoms. The minimum absolute atomic E-state index is 0.558. The van der Waals surface area contributed by atoms with Crippen molar-refractivity contribution in [1.29, 1.82) is 0 Å². The van der Waals surface area contributed by atoms with Crippen LogP contribution < -0.4 is 9.47 Å². The van der Waals surface area contributed by atoms with E-state index >= 15 is 0 Å². The third-order valence-electron chi connectivity index (χ3n) is 2.78. The highest BCUT2D eigenvalue weighted by Crippen LogP contribution is 2.28. The summed E-state index contributed by atoms with van der Waals surface area (Å²) in [7, 11) is 1.67. The molecule has 0 atom stereocenters. The number of aryl methyl sites for hydroxylation is 1. The SMILES string of the molecule is C/C=C\C(=C/C)COc1ccc(CC)cc1OC. The Balaban J connectivity index is 2.78. The van der Waals surface area contributed by atoms with Gasteiger partial charge in [-0.3, -0.25) is 0 Å². The highest BCUT2D eigenvalue weighted by atomic mass is 16.5. The quantitative estimate of drug-likeness (QED) is 0.702. The Morgan fingerprint density at radius 3 is 2.56 bits per heavy atom. The van der Waals surface area contributed by atoms with E-state index in [1.807, 2.05) is 44.2 Å². The smallest absolute Gasteiger partial charge is 0.161 e. The number of hydrogen-bond acceptors (Lipinski definition) is 2. The van der Waals surface area contributed by atoms with Crippen LogP contribution >= 0.6 is 0 Å². The summed E-state index contributed by atoms with van der Waals surface area (Å²) in [6, 6.07) is 6.07. The molecule has 18 heavy (non-hydrogen) atoms. The topological polar surface area (TPSA) is 18.5 Å². The lowest BCUT2D eigenvalue weighted by Gasteiger charge is -2.12. The largest absolute Gasteiger partial charge is 0.493 e. The van der Waals surface area contributed by atoms with Crippen molar-refractivity contribution in [3.05, 3.63) is 47.6 Å². The lowest BCUT2D eigenvalue weighted by Crippen LogP contribution is -2.01. The molecule has 1 rings (SSSR count). The summed E-state index contributed by atoms with van der Waals surface area (Å²) in [4.78, 5) is 0. The first-order chi connectivity index (χ1) is 8.74. The fraction of sp³-hybridized carbons (Fsp3) is 0.375. The van der Waals surface area contributed by atoms with Crippen LogP contribution in [0.4, 0.5) is 0 Å². The maximum Gasteiger partial charge on any atom is 0.161 e. The van der Waals surface area contributed by atoms with Gasteiger partial charge in [-0.05, 0) is 43.5 Å². The Kier molecular flexibility index (Phi) is 6.06. The first-order valence-electron chi connectivity index (χ1n) is 6.32. The summed E-state index contributed by atoms with van der Waals surface area (Å²) in [5.41, 5.74) is 2.40. The fourth-order valence-corrected chi connectivity index (χ4v) is 1.65. The summed E-state index contributed by atoms with van der Waals surface area (Å²) in [5.74, 6) is 1.59. The Bertz CT molecular complexity index is 431. The Morgan fingerprint density at radius 2 is 2.00 bits per heavy atom. The third kappa shape index (κ3) is 3.95. The molecule has 98 valence electrons. The molecule has 0 saturated carbocycles. The lowest BCUT2D eigenvalue weighted by atomic mass is 10.1. The van der Waals surface area contributed by atoms with Crippen molar-refractivity contribution in [2.24, 2.45) is 0 Å². The molecule has 1 aromatic carbocycles. The predicted octanol–water partition coefficient (Wildman–Crippen LogP) is 4.16. The zero-order chi connectivity index (χ0) is 13.4. The summed E-state index contributed by atoms with van der Waals surface area (Å²) in [6.45, 7) is 6.69. The molecular formula is C16H22O2. The molecule has 0 bridgehead atoms. The van der Waals surface area contributed by atoms with E-state index in [1.54, 1.807) is 7.11 Å². The Labute approximate surface area is 110 Å². The van der Waals surface area contributed by atoms with Gasteiger partial charge in [0.15, 0.2) is 11.5 Å². The van der Waals surface area contributed by atoms with Crippen LogP contribution in [0.5, 0.6) is 11.5 Å². The number of methoxy groups -OCH3 is 1. The van der Waals surface area contributed by atoms with Gasteiger partial charge in [0.25, 0.3) is 0 Å². The standard InChI is InChI=1S/C16H22O2/c1-5-8-14(7-3)12-18-15-10-9-13(6-2)11-16(15)17-4/h5,7-11H,6,12H2,1-4H3/b8-5-,14-7+. The Morgan fingerprint density at radius 1 is 1.22 bits per heavy atom. The number of hydrogen-bond donors (Lipinski definition) is 0. The zero-order valence-electron chi connectivity index (χ0n) is 11.7. The van der Waals surface area contributed by atoms with Crippen LogP contribution in [-0.4, -0.2) is 13.7 Å². The van der Waals surface area contributed by atoms with E-state index in [1.165, 1.54) is 5.56 Å². The molecule has 0 aliphatic heterocycles. The van der Waals surface area contributed by atoms with Gasteiger partial charge in [0.2, 0.25) is 0 Å². The average molecular weight is 246 g/mol. The second-order valence-corrected chi connectivity index (χ2v) is 3.99. The van der Waals surface area contributed by atoms with Crippen LogP contribution in [0.2, 0.25) is 0 Å². The van der Waals surface area contributed by atoms with Crippen LogP contribution in [0.15, 0.2) is 42.0 Å². The third-order valence-corrected chi connectivity index (χ3v) is 2.78.